The molecular weight excluding hydrogens is 549 g/mol. The zero-order chi connectivity index (χ0) is 29.7. The van der Waals surface area contributed by atoms with Gasteiger partial charge < -0.3 is 4.57 Å². The summed E-state index contributed by atoms with van der Waals surface area (Å²) in [5.41, 5.74) is 4.51. The topological polar surface area (TPSA) is 26.6 Å². The summed E-state index contributed by atoms with van der Waals surface area (Å²) in [6.45, 7) is 20.0. The lowest BCUT2D eigenvalue weighted by Gasteiger charge is -2.25. The zero-order valence-corrected chi connectivity index (χ0v) is 26.4. The number of rotatable bonds is 7. The lowest BCUT2D eigenvalue weighted by molar-refractivity contribution is -0.709. The fraction of sp³-hybridized carbons (Fsp3) is 0.438. The van der Waals surface area contributed by atoms with Gasteiger partial charge in [0.1, 0.15) is 17.8 Å². The van der Waals surface area contributed by atoms with Crippen molar-refractivity contribution in [3.8, 4) is 22.5 Å². The number of aryl methyl sites for hydroxylation is 2. The fourth-order valence-corrected chi connectivity index (χ4v) is 5.98. The minimum absolute atomic E-state index is 0.0908. The van der Waals surface area contributed by atoms with Gasteiger partial charge in [0, 0.05) is 30.0 Å². The summed E-state index contributed by atoms with van der Waals surface area (Å²) >= 11 is 12.9. The second-order valence-electron chi connectivity index (χ2n) is 12.2. The van der Waals surface area contributed by atoms with Crippen molar-refractivity contribution >= 4 is 23.2 Å². The van der Waals surface area contributed by atoms with E-state index >= 15 is 4.39 Å². The van der Waals surface area contributed by atoms with Gasteiger partial charge in [0.25, 0.3) is 5.82 Å². The van der Waals surface area contributed by atoms with E-state index in [-0.39, 0.29) is 15.9 Å². The predicted octanol–water partition coefficient (Wildman–Crippen LogP) is 8.82. The number of hydrogen-bond donors (Lipinski definition) is 0. The molecule has 0 aliphatic heterocycles. The first-order chi connectivity index (χ1) is 18.6. The summed E-state index contributed by atoms with van der Waals surface area (Å²) in [5, 5.41) is 0.194. The maximum atomic E-state index is 15.6. The van der Waals surface area contributed by atoms with Crippen molar-refractivity contribution < 1.29 is 13.3 Å². The largest absolute Gasteiger partial charge is 0.331 e. The van der Waals surface area contributed by atoms with Crippen molar-refractivity contribution in [3.63, 3.8) is 0 Å². The Kier molecular flexibility index (Phi) is 8.28. The molecule has 0 unspecified atom stereocenters. The molecule has 0 aliphatic rings. The minimum Gasteiger partial charge on any atom is -0.331 e. The summed E-state index contributed by atoms with van der Waals surface area (Å²) in [4.78, 5) is 4.46. The molecule has 0 bridgehead atoms. The molecule has 8 heteroatoms. The average Bonchev–Trinajstić information content (AvgIpc) is 3.39. The molecule has 0 saturated carbocycles. The third-order valence-corrected chi connectivity index (χ3v) is 8.33. The molecule has 0 radical (unpaired) electrons. The van der Waals surface area contributed by atoms with Crippen molar-refractivity contribution in [2.75, 3.05) is 0 Å². The van der Waals surface area contributed by atoms with Gasteiger partial charge in [-0.05, 0) is 61.6 Å². The Hall–Kier alpha value is -2.70. The van der Waals surface area contributed by atoms with Crippen molar-refractivity contribution in [1.82, 2.24) is 14.1 Å². The van der Waals surface area contributed by atoms with Crippen LogP contribution in [0.15, 0.2) is 36.8 Å². The second kappa shape index (κ2) is 10.9. The number of halogens is 4. The number of benzene rings is 2. The second-order valence-corrected chi connectivity index (χ2v) is 13.0. The van der Waals surface area contributed by atoms with E-state index < -0.39 is 16.6 Å². The number of hydrogen-bond acceptors (Lipinski definition) is 1. The molecule has 4 aromatic rings. The minimum atomic E-state index is -0.613. The van der Waals surface area contributed by atoms with Crippen molar-refractivity contribution in [3.05, 3.63) is 81.1 Å². The molecule has 4 nitrogen and oxygen atoms in total. The Balaban J connectivity index is 1.81. The van der Waals surface area contributed by atoms with Gasteiger partial charge in [-0.1, -0.05) is 57.8 Å². The summed E-state index contributed by atoms with van der Waals surface area (Å²) in [6, 6.07) is 7.16. The highest BCUT2D eigenvalue weighted by molar-refractivity contribution is 6.31. The SMILES string of the molecule is CCn1cnc(C)c1-c1cc(Cl)c(F)c(C(C)(C)C[n+]2cc(-c3cc(Cl)c(F)c(C(C)(C)C)c3)n(CC)c2C)c1. The first-order valence-corrected chi connectivity index (χ1v) is 14.5. The Morgan fingerprint density at radius 2 is 1.43 bits per heavy atom. The molecule has 4 rings (SSSR count). The molecular formula is C32H39Cl2F2N4+. The van der Waals surface area contributed by atoms with E-state index in [2.05, 4.69) is 34.2 Å². The molecule has 0 fully saturated rings. The zero-order valence-electron chi connectivity index (χ0n) is 24.9. The highest BCUT2D eigenvalue weighted by Crippen LogP contribution is 2.37. The Morgan fingerprint density at radius 1 is 0.850 bits per heavy atom. The average molecular weight is 589 g/mol. The van der Waals surface area contributed by atoms with Gasteiger partial charge >= 0.3 is 0 Å². The van der Waals surface area contributed by atoms with Crippen LogP contribution >= 0.6 is 23.2 Å². The molecule has 214 valence electrons. The van der Waals surface area contributed by atoms with E-state index in [9.17, 15) is 4.39 Å². The van der Waals surface area contributed by atoms with Gasteiger partial charge in [-0.2, -0.15) is 0 Å². The Morgan fingerprint density at radius 3 is 2.00 bits per heavy atom. The van der Waals surface area contributed by atoms with Crippen molar-refractivity contribution in [2.45, 2.75) is 92.8 Å². The third-order valence-electron chi connectivity index (χ3n) is 7.78. The highest BCUT2D eigenvalue weighted by atomic mass is 35.5. The van der Waals surface area contributed by atoms with E-state index in [1.807, 2.05) is 65.2 Å². The summed E-state index contributed by atoms with van der Waals surface area (Å²) < 4.78 is 36.9. The van der Waals surface area contributed by atoms with Crippen LogP contribution in [0.2, 0.25) is 10.0 Å². The quantitative estimate of drug-likeness (QED) is 0.198. The van der Waals surface area contributed by atoms with Crippen LogP contribution in [0.25, 0.3) is 22.5 Å². The standard InChI is InChI=1S/C32H39Cl2F2N4/c1-10-38-18-37-19(3)30(38)22-13-24(29(36)26(34)15-22)32(8,9)17-39-16-27(40(11-2)20(39)4)21-12-23(31(5,6)7)28(35)25(33)14-21/h12-16,18H,10-11,17H2,1-9H3/q+1. The van der Waals surface area contributed by atoms with Crippen LogP contribution in [0.5, 0.6) is 0 Å². The summed E-state index contributed by atoms with van der Waals surface area (Å²) in [6.07, 6.45) is 3.85. The molecule has 2 aromatic carbocycles. The van der Waals surface area contributed by atoms with E-state index in [1.165, 1.54) is 0 Å². The number of aromatic nitrogens is 4. The van der Waals surface area contributed by atoms with Gasteiger partial charge in [-0.25, -0.2) is 22.9 Å². The van der Waals surface area contributed by atoms with E-state index in [4.69, 9.17) is 23.2 Å². The van der Waals surface area contributed by atoms with Crippen molar-refractivity contribution in [2.24, 2.45) is 0 Å². The predicted molar refractivity (Wildman–Crippen MR) is 160 cm³/mol. The van der Waals surface area contributed by atoms with E-state index in [0.29, 0.717) is 24.2 Å². The molecule has 0 aliphatic carbocycles. The molecule has 0 spiro atoms. The van der Waals surface area contributed by atoms with Gasteiger partial charge in [-0.15, -0.1) is 0 Å². The van der Waals surface area contributed by atoms with Crippen LogP contribution in [0.4, 0.5) is 8.78 Å². The monoisotopic (exact) mass is 587 g/mol. The van der Waals surface area contributed by atoms with Crippen LogP contribution in [0.3, 0.4) is 0 Å². The molecule has 0 atom stereocenters. The molecule has 2 heterocycles. The Labute approximate surface area is 246 Å². The molecule has 2 aromatic heterocycles. The normalized spacial score (nSPS) is 12.4. The van der Waals surface area contributed by atoms with Gasteiger partial charge in [0.05, 0.1) is 40.8 Å². The van der Waals surface area contributed by atoms with Crippen LogP contribution in [-0.4, -0.2) is 14.1 Å². The maximum absolute atomic E-state index is 15.6. The molecule has 0 N–H and O–H groups in total. The van der Waals surface area contributed by atoms with Crippen molar-refractivity contribution in [1.29, 1.82) is 0 Å². The van der Waals surface area contributed by atoms with Crippen LogP contribution in [-0.2, 0) is 30.5 Å². The molecule has 0 saturated heterocycles. The summed E-state index contributed by atoms with van der Waals surface area (Å²) in [5.74, 6) is 0.209. The number of imidazole rings is 2. The van der Waals surface area contributed by atoms with Crippen LogP contribution in [0, 0.1) is 25.5 Å². The highest BCUT2D eigenvalue weighted by Gasteiger charge is 2.33. The van der Waals surface area contributed by atoms with Crippen LogP contribution in [0.1, 0.15) is 71.1 Å². The van der Waals surface area contributed by atoms with Gasteiger partial charge in [0.2, 0.25) is 0 Å². The van der Waals surface area contributed by atoms with Gasteiger partial charge in [0.15, 0.2) is 5.69 Å². The maximum Gasteiger partial charge on any atom is 0.253 e. The lowest BCUT2D eigenvalue weighted by Crippen LogP contribution is -2.45. The van der Waals surface area contributed by atoms with E-state index in [1.54, 1.807) is 18.5 Å². The fourth-order valence-electron chi connectivity index (χ4n) is 5.54. The Bertz CT molecular complexity index is 1570. The van der Waals surface area contributed by atoms with Crippen LogP contribution < -0.4 is 4.57 Å². The third kappa shape index (κ3) is 5.45. The summed E-state index contributed by atoms with van der Waals surface area (Å²) in [7, 11) is 0. The lowest BCUT2D eigenvalue weighted by atomic mass is 9.82. The smallest absolute Gasteiger partial charge is 0.253 e. The molecule has 40 heavy (non-hydrogen) atoms. The van der Waals surface area contributed by atoms with E-state index in [0.717, 1.165) is 40.6 Å². The molecule has 0 amide bonds. The van der Waals surface area contributed by atoms with Gasteiger partial charge in [-0.3, -0.25) is 0 Å². The number of nitrogens with zero attached hydrogens (tertiary/aromatic N) is 4. The first kappa shape index (κ1) is 30.3. The first-order valence-electron chi connectivity index (χ1n) is 13.7.